The molecule has 0 spiro atoms. The number of carbonyl (C=O) groups is 1. The molecule has 0 radical (unpaired) electrons. The average molecular weight is 464 g/mol. The minimum Gasteiger partial charge on any atom is -0.493 e. The van der Waals surface area contributed by atoms with Crippen LogP contribution in [0.3, 0.4) is 0 Å². The van der Waals surface area contributed by atoms with Gasteiger partial charge in [0.25, 0.3) is 0 Å². The van der Waals surface area contributed by atoms with Gasteiger partial charge in [-0.3, -0.25) is 4.98 Å². The number of carbonyl (C=O) groups excluding carboxylic acids is 1. The minimum atomic E-state index is -0.388. The average Bonchev–Trinajstić information content (AvgIpc) is 2.82. The van der Waals surface area contributed by atoms with Gasteiger partial charge in [0.15, 0.2) is 11.5 Å². The number of aryl methyl sites for hydroxylation is 1. The lowest BCUT2D eigenvalue weighted by Gasteiger charge is -2.13. The molecule has 1 heterocycles. The van der Waals surface area contributed by atoms with Crippen molar-refractivity contribution in [2.24, 2.45) is 0 Å². The lowest BCUT2D eigenvalue weighted by atomic mass is 10.2. The van der Waals surface area contributed by atoms with Gasteiger partial charge in [0.2, 0.25) is 0 Å². The van der Waals surface area contributed by atoms with Crippen molar-refractivity contribution < 1.29 is 19.0 Å². The predicted octanol–water partition coefficient (Wildman–Crippen LogP) is 6.65. The van der Waals surface area contributed by atoms with Gasteiger partial charge in [0.05, 0.1) is 30.4 Å². The van der Waals surface area contributed by atoms with E-state index in [4.69, 9.17) is 25.8 Å². The third-order valence-corrected chi connectivity index (χ3v) is 5.32. The molecular formula is C25H22ClN3O4. The highest BCUT2D eigenvalue weighted by Crippen LogP contribution is 2.37. The van der Waals surface area contributed by atoms with Gasteiger partial charge in [-0.15, -0.1) is 0 Å². The second-order valence-corrected chi connectivity index (χ2v) is 7.58. The number of methoxy groups -OCH3 is 2. The number of amides is 2. The van der Waals surface area contributed by atoms with E-state index in [1.807, 2.05) is 25.1 Å². The van der Waals surface area contributed by atoms with E-state index in [1.165, 1.54) is 0 Å². The zero-order chi connectivity index (χ0) is 23.4. The van der Waals surface area contributed by atoms with Crippen LogP contribution in [0.15, 0.2) is 66.9 Å². The number of aromatic nitrogens is 1. The summed E-state index contributed by atoms with van der Waals surface area (Å²) in [6.45, 7) is 1.88. The quantitative estimate of drug-likeness (QED) is 0.334. The molecule has 0 aliphatic rings. The van der Waals surface area contributed by atoms with Gasteiger partial charge < -0.3 is 24.8 Å². The van der Waals surface area contributed by atoms with Crippen LogP contribution in [0.2, 0.25) is 5.02 Å². The molecule has 0 bridgehead atoms. The maximum absolute atomic E-state index is 12.4. The van der Waals surface area contributed by atoms with E-state index in [2.05, 4.69) is 15.6 Å². The molecule has 1 aromatic heterocycles. The van der Waals surface area contributed by atoms with Crippen LogP contribution in [-0.2, 0) is 0 Å². The zero-order valence-corrected chi connectivity index (χ0v) is 19.1. The Kier molecular flexibility index (Phi) is 6.51. The highest BCUT2D eigenvalue weighted by molar-refractivity contribution is 6.34. The number of anilines is 2. The lowest BCUT2D eigenvalue weighted by molar-refractivity contribution is 0.262. The molecular weight excluding hydrogens is 442 g/mol. The number of ether oxygens (including phenoxy) is 3. The smallest absolute Gasteiger partial charge is 0.323 e. The summed E-state index contributed by atoms with van der Waals surface area (Å²) in [4.78, 5) is 16.8. The normalized spacial score (nSPS) is 10.5. The van der Waals surface area contributed by atoms with Crippen molar-refractivity contribution in [1.29, 1.82) is 0 Å². The maximum Gasteiger partial charge on any atom is 0.323 e. The van der Waals surface area contributed by atoms with Crippen LogP contribution in [-0.4, -0.2) is 25.2 Å². The van der Waals surface area contributed by atoms with Gasteiger partial charge in [0, 0.05) is 23.3 Å². The van der Waals surface area contributed by atoms with Crippen LogP contribution in [0, 0.1) is 6.92 Å². The highest BCUT2D eigenvalue weighted by atomic mass is 35.5. The van der Waals surface area contributed by atoms with Crippen molar-refractivity contribution in [3.05, 3.63) is 77.4 Å². The van der Waals surface area contributed by atoms with Crippen LogP contribution in [0.25, 0.3) is 10.9 Å². The molecule has 2 amide bonds. The Bertz CT molecular complexity index is 1290. The second kappa shape index (κ2) is 9.67. The molecule has 0 saturated carbocycles. The van der Waals surface area contributed by atoms with Crippen LogP contribution in [0.5, 0.6) is 23.0 Å². The maximum atomic E-state index is 12.4. The van der Waals surface area contributed by atoms with Crippen molar-refractivity contribution in [2.75, 3.05) is 24.9 Å². The number of nitrogens with one attached hydrogen (secondary N) is 2. The number of halogens is 1. The van der Waals surface area contributed by atoms with Gasteiger partial charge in [-0.2, -0.15) is 0 Å². The highest BCUT2D eigenvalue weighted by Gasteiger charge is 2.12. The third-order valence-electron chi connectivity index (χ3n) is 5.01. The van der Waals surface area contributed by atoms with Crippen LogP contribution in [0.4, 0.5) is 16.2 Å². The fourth-order valence-electron chi connectivity index (χ4n) is 3.34. The van der Waals surface area contributed by atoms with E-state index >= 15 is 0 Å². The van der Waals surface area contributed by atoms with E-state index in [1.54, 1.807) is 62.9 Å². The zero-order valence-electron chi connectivity index (χ0n) is 18.3. The van der Waals surface area contributed by atoms with Crippen LogP contribution < -0.4 is 24.8 Å². The molecule has 0 unspecified atom stereocenters. The number of urea groups is 1. The Morgan fingerprint density at radius 1 is 0.909 bits per heavy atom. The van der Waals surface area contributed by atoms with E-state index in [9.17, 15) is 4.79 Å². The fourth-order valence-corrected chi connectivity index (χ4v) is 3.60. The standard InChI is InChI=1S/C25H22ClN3O4/c1-15-5-4-6-19(26)24(15)29-25(30)28-16-7-9-17(10-8-16)33-21-11-12-27-20-14-23(32-3)22(31-2)13-18(20)21/h4-14H,1-3H3,(H2,28,29,30). The Morgan fingerprint density at radius 2 is 1.64 bits per heavy atom. The summed E-state index contributed by atoms with van der Waals surface area (Å²) in [5, 5.41) is 6.83. The molecule has 0 fully saturated rings. The molecule has 0 aliphatic heterocycles. The first-order valence-electron chi connectivity index (χ1n) is 10.1. The molecule has 33 heavy (non-hydrogen) atoms. The van der Waals surface area contributed by atoms with Crippen LogP contribution in [0.1, 0.15) is 5.56 Å². The van der Waals surface area contributed by atoms with Crippen LogP contribution >= 0.6 is 11.6 Å². The summed E-state index contributed by atoms with van der Waals surface area (Å²) in [7, 11) is 3.16. The molecule has 168 valence electrons. The number of para-hydroxylation sites is 1. The first-order valence-corrected chi connectivity index (χ1v) is 10.5. The number of pyridine rings is 1. The van der Waals surface area contributed by atoms with Crippen molar-refractivity contribution in [1.82, 2.24) is 4.98 Å². The van der Waals surface area contributed by atoms with Crippen molar-refractivity contribution in [3.63, 3.8) is 0 Å². The first-order chi connectivity index (χ1) is 16.0. The van der Waals surface area contributed by atoms with Crippen molar-refractivity contribution in [2.45, 2.75) is 6.92 Å². The van der Waals surface area contributed by atoms with Gasteiger partial charge in [-0.05, 0) is 55.0 Å². The minimum absolute atomic E-state index is 0.388. The number of hydrogen-bond donors (Lipinski definition) is 2. The summed E-state index contributed by atoms with van der Waals surface area (Å²) in [5.41, 5.74) is 2.78. The van der Waals surface area contributed by atoms with Gasteiger partial charge in [-0.1, -0.05) is 23.7 Å². The summed E-state index contributed by atoms with van der Waals surface area (Å²) < 4.78 is 16.8. The molecule has 7 nitrogen and oxygen atoms in total. The monoisotopic (exact) mass is 463 g/mol. The molecule has 4 rings (SSSR count). The number of nitrogens with zero attached hydrogens (tertiary/aromatic N) is 1. The molecule has 3 aromatic carbocycles. The Balaban J connectivity index is 1.49. The van der Waals surface area contributed by atoms with Crippen molar-refractivity contribution >= 4 is 39.9 Å². The number of fused-ring (bicyclic) bond motifs is 1. The molecule has 8 heteroatoms. The number of rotatable bonds is 6. The van der Waals surface area contributed by atoms with E-state index in [0.29, 0.717) is 39.4 Å². The molecule has 0 saturated heterocycles. The Labute approximate surface area is 196 Å². The summed E-state index contributed by atoms with van der Waals surface area (Å²) in [5.74, 6) is 2.40. The van der Waals surface area contributed by atoms with E-state index < -0.39 is 0 Å². The first kappa shape index (κ1) is 22.2. The topological polar surface area (TPSA) is 81.7 Å². The van der Waals surface area contributed by atoms with Gasteiger partial charge in [0.1, 0.15) is 11.5 Å². The number of hydrogen-bond acceptors (Lipinski definition) is 5. The van der Waals surface area contributed by atoms with Crippen molar-refractivity contribution in [3.8, 4) is 23.0 Å². The second-order valence-electron chi connectivity index (χ2n) is 7.17. The van der Waals surface area contributed by atoms with E-state index in [-0.39, 0.29) is 6.03 Å². The molecule has 4 aromatic rings. The predicted molar refractivity (Wildman–Crippen MR) is 130 cm³/mol. The molecule has 2 N–H and O–H groups in total. The third kappa shape index (κ3) is 4.94. The largest absolute Gasteiger partial charge is 0.493 e. The summed E-state index contributed by atoms with van der Waals surface area (Å²) in [6.07, 6.45) is 1.67. The summed E-state index contributed by atoms with van der Waals surface area (Å²) >= 11 is 6.17. The molecule has 0 aliphatic carbocycles. The van der Waals surface area contributed by atoms with Gasteiger partial charge in [-0.25, -0.2) is 4.79 Å². The fraction of sp³-hybridized carbons (Fsp3) is 0.120. The lowest BCUT2D eigenvalue weighted by Crippen LogP contribution is -2.20. The molecule has 0 atom stereocenters. The summed E-state index contributed by atoms with van der Waals surface area (Å²) in [6, 6.07) is 17.5. The van der Waals surface area contributed by atoms with E-state index in [0.717, 1.165) is 16.5 Å². The Hall–Kier alpha value is -3.97. The van der Waals surface area contributed by atoms with Gasteiger partial charge >= 0.3 is 6.03 Å². The Morgan fingerprint density at radius 3 is 2.33 bits per heavy atom. The SMILES string of the molecule is COc1cc2nccc(Oc3ccc(NC(=O)Nc4c(C)cccc4Cl)cc3)c2cc1OC. The number of benzene rings is 3.